The molecule has 1 unspecified atom stereocenters. The summed E-state index contributed by atoms with van der Waals surface area (Å²) in [5, 5.41) is 0. The van der Waals surface area contributed by atoms with Crippen molar-refractivity contribution >= 4 is 8.38 Å². The summed E-state index contributed by atoms with van der Waals surface area (Å²) in [6.07, 6.45) is 12.6. The van der Waals surface area contributed by atoms with Crippen LogP contribution in [0.15, 0.2) is 0 Å². The Kier molecular flexibility index (Phi) is 10.1. The maximum atomic E-state index is 10.2. The molecule has 1 aliphatic rings. The molecule has 0 aromatic heterocycles. The molecule has 1 rings (SSSR count). The third-order valence-corrected chi connectivity index (χ3v) is 6.13. The van der Waals surface area contributed by atoms with Crippen LogP contribution in [-0.2, 0) is 4.52 Å². The summed E-state index contributed by atoms with van der Waals surface area (Å²) in [7, 11) is -1.20. The molecular weight excluding hydrogens is 279 g/mol. The van der Waals surface area contributed by atoms with Gasteiger partial charge < -0.3 is 9.42 Å². The monoisotopic (exact) mass is 316 g/mol. The van der Waals surface area contributed by atoms with Crippen LogP contribution in [0, 0.1) is 17.8 Å². The summed E-state index contributed by atoms with van der Waals surface area (Å²) in [5.41, 5.74) is 0. The van der Waals surface area contributed by atoms with E-state index in [9.17, 15) is 4.89 Å². The van der Waals surface area contributed by atoms with Crippen LogP contribution in [0.2, 0.25) is 0 Å². The van der Waals surface area contributed by atoms with Crippen LogP contribution in [0.3, 0.4) is 0 Å². The molecule has 0 aromatic rings. The van der Waals surface area contributed by atoms with Crippen LogP contribution in [0.4, 0.5) is 0 Å². The molecule has 1 aliphatic carbocycles. The molecule has 0 radical (unpaired) electrons. The van der Waals surface area contributed by atoms with Crippen molar-refractivity contribution in [1.82, 2.24) is 0 Å². The zero-order valence-electron chi connectivity index (χ0n) is 14.7. The van der Waals surface area contributed by atoms with E-state index >= 15 is 0 Å². The summed E-state index contributed by atoms with van der Waals surface area (Å²) < 4.78 is 6.08. The van der Waals surface area contributed by atoms with E-state index in [-0.39, 0.29) is 0 Å². The van der Waals surface area contributed by atoms with Crippen LogP contribution < -0.4 is 0 Å². The molecule has 1 N–H and O–H groups in total. The van der Waals surface area contributed by atoms with Crippen LogP contribution >= 0.6 is 8.38 Å². The molecule has 2 nitrogen and oxygen atoms in total. The minimum absolute atomic E-state index is 0.296. The molecule has 21 heavy (non-hydrogen) atoms. The number of hydrogen-bond donors (Lipinski definition) is 1. The lowest BCUT2D eigenvalue weighted by molar-refractivity contribution is 0.0474. The second-order valence-electron chi connectivity index (χ2n) is 7.31. The summed E-state index contributed by atoms with van der Waals surface area (Å²) in [4.78, 5) is 10.2. The van der Waals surface area contributed by atoms with Gasteiger partial charge in [-0.3, -0.25) is 0 Å². The zero-order valence-corrected chi connectivity index (χ0v) is 15.6. The van der Waals surface area contributed by atoms with Gasteiger partial charge in [-0.25, -0.2) is 0 Å². The highest BCUT2D eigenvalue weighted by Crippen LogP contribution is 2.43. The van der Waals surface area contributed by atoms with Gasteiger partial charge in [-0.05, 0) is 37.0 Å². The van der Waals surface area contributed by atoms with Gasteiger partial charge in [-0.15, -0.1) is 0 Å². The second kappa shape index (κ2) is 11.0. The van der Waals surface area contributed by atoms with E-state index in [1.165, 1.54) is 44.9 Å². The average molecular weight is 316 g/mol. The fourth-order valence-electron chi connectivity index (χ4n) is 3.47. The molecular formula is C18H37O2P. The fraction of sp³-hybridized carbons (Fsp3) is 1.00. The van der Waals surface area contributed by atoms with Crippen molar-refractivity contribution in [3.8, 4) is 0 Å². The average Bonchev–Trinajstić information content (AvgIpc) is 2.42. The van der Waals surface area contributed by atoms with Crippen LogP contribution in [0.1, 0.15) is 85.5 Å². The summed E-state index contributed by atoms with van der Waals surface area (Å²) in [6, 6.07) is 0. The highest BCUT2D eigenvalue weighted by Gasteiger charge is 2.32. The van der Waals surface area contributed by atoms with Gasteiger partial charge in [0, 0.05) is 6.16 Å². The smallest absolute Gasteiger partial charge is 0.167 e. The Balaban J connectivity index is 2.22. The van der Waals surface area contributed by atoms with E-state index in [4.69, 9.17) is 4.52 Å². The molecule has 0 aromatic carbocycles. The first-order chi connectivity index (χ1) is 10.0. The largest absolute Gasteiger partial charge is 0.350 e. The van der Waals surface area contributed by atoms with Gasteiger partial charge in [0.05, 0.1) is 6.10 Å². The molecule has 126 valence electrons. The van der Waals surface area contributed by atoms with Crippen molar-refractivity contribution in [2.24, 2.45) is 17.8 Å². The fourth-order valence-corrected chi connectivity index (χ4v) is 4.63. The SMILES string of the molecule is CCCCCCCCP(O)O[C@@H]1C[C@H](C)CC[C@H]1C(C)C. The standard InChI is InChI=1S/C18H37O2P/c1-5-6-7-8-9-10-13-21(19)20-18-14-16(4)11-12-17(18)15(2)3/h15-19H,5-14H2,1-4H3/t16-,17+,18-,21?/m1/s1. The van der Waals surface area contributed by atoms with Gasteiger partial charge in [0.15, 0.2) is 8.38 Å². The number of unbranched alkanes of at least 4 members (excludes halogenated alkanes) is 5. The van der Waals surface area contributed by atoms with Gasteiger partial charge in [0.1, 0.15) is 0 Å². The van der Waals surface area contributed by atoms with Crippen molar-refractivity contribution in [3.05, 3.63) is 0 Å². The molecule has 4 atom stereocenters. The van der Waals surface area contributed by atoms with Gasteiger partial charge in [0.2, 0.25) is 0 Å². The van der Waals surface area contributed by atoms with Crippen molar-refractivity contribution in [1.29, 1.82) is 0 Å². The predicted octanol–water partition coefficient (Wildman–Crippen LogP) is 6.13. The second-order valence-corrected chi connectivity index (χ2v) is 8.68. The van der Waals surface area contributed by atoms with Gasteiger partial charge in [-0.2, -0.15) is 0 Å². The van der Waals surface area contributed by atoms with Crippen LogP contribution in [0.25, 0.3) is 0 Å². The lowest BCUT2D eigenvalue weighted by Crippen LogP contribution is -2.33. The highest BCUT2D eigenvalue weighted by molar-refractivity contribution is 7.46. The van der Waals surface area contributed by atoms with E-state index < -0.39 is 8.38 Å². The number of hydrogen-bond acceptors (Lipinski definition) is 2. The Hall–Kier alpha value is 0.350. The first-order valence-corrected chi connectivity index (χ1v) is 10.6. The van der Waals surface area contributed by atoms with Gasteiger partial charge in [0.25, 0.3) is 0 Å². The molecule has 0 heterocycles. The van der Waals surface area contributed by atoms with Crippen LogP contribution in [0.5, 0.6) is 0 Å². The Labute approximate surface area is 134 Å². The third-order valence-electron chi connectivity index (χ3n) is 4.92. The molecule has 0 amide bonds. The predicted molar refractivity (Wildman–Crippen MR) is 93.6 cm³/mol. The lowest BCUT2D eigenvalue weighted by Gasteiger charge is -2.37. The minimum Gasteiger partial charge on any atom is -0.350 e. The summed E-state index contributed by atoms with van der Waals surface area (Å²) >= 11 is 0. The van der Waals surface area contributed by atoms with Crippen molar-refractivity contribution < 1.29 is 9.42 Å². The summed E-state index contributed by atoms with van der Waals surface area (Å²) in [6.45, 7) is 9.16. The topological polar surface area (TPSA) is 29.5 Å². The molecule has 0 aliphatic heterocycles. The Morgan fingerprint density at radius 2 is 1.76 bits per heavy atom. The van der Waals surface area contributed by atoms with Crippen molar-refractivity contribution in [2.45, 2.75) is 91.6 Å². The summed E-state index contributed by atoms with van der Waals surface area (Å²) in [5.74, 6) is 2.06. The maximum Gasteiger partial charge on any atom is 0.167 e. The normalized spacial score (nSPS) is 28.0. The molecule has 1 fully saturated rings. The quantitative estimate of drug-likeness (QED) is 0.388. The van der Waals surface area contributed by atoms with E-state index in [0.29, 0.717) is 17.9 Å². The van der Waals surface area contributed by atoms with Crippen LogP contribution in [-0.4, -0.2) is 17.2 Å². The molecule has 0 bridgehead atoms. The molecule has 0 saturated heterocycles. The molecule has 3 heteroatoms. The first kappa shape index (κ1) is 19.4. The maximum absolute atomic E-state index is 10.2. The van der Waals surface area contributed by atoms with E-state index in [2.05, 4.69) is 27.7 Å². The van der Waals surface area contributed by atoms with E-state index in [1.54, 1.807) is 0 Å². The Bertz CT molecular complexity index is 258. The highest BCUT2D eigenvalue weighted by atomic mass is 31.2. The van der Waals surface area contributed by atoms with E-state index in [0.717, 1.165) is 24.9 Å². The zero-order chi connectivity index (χ0) is 15.7. The van der Waals surface area contributed by atoms with Crippen molar-refractivity contribution in [3.63, 3.8) is 0 Å². The van der Waals surface area contributed by atoms with Gasteiger partial charge in [-0.1, -0.05) is 66.2 Å². The molecule has 1 saturated carbocycles. The Morgan fingerprint density at radius 1 is 1.10 bits per heavy atom. The first-order valence-electron chi connectivity index (χ1n) is 9.17. The lowest BCUT2D eigenvalue weighted by atomic mass is 9.75. The van der Waals surface area contributed by atoms with E-state index in [1.807, 2.05) is 0 Å². The number of rotatable bonds is 10. The van der Waals surface area contributed by atoms with Crippen molar-refractivity contribution in [2.75, 3.05) is 6.16 Å². The Morgan fingerprint density at radius 3 is 2.43 bits per heavy atom. The molecule has 0 spiro atoms. The van der Waals surface area contributed by atoms with Gasteiger partial charge >= 0.3 is 0 Å². The minimum atomic E-state index is -1.20. The third kappa shape index (κ3) is 7.95.